The average Bonchev–Trinajstić information content (AvgIpc) is 3.01. The summed E-state index contributed by atoms with van der Waals surface area (Å²) in [5.74, 6) is 0.643. The number of methoxy groups -OCH3 is 4. The van der Waals surface area contributed by atoms with E-state index in [9.17, 15) is 18.0 Å². The summed E-state index contributed by atoms with van der Waals surface area (Å²) in [5, 5.41) is 1.54. The predicted molar refractivity (Wildman–Crippen MR) is 141 cm³/mol. The van der Waals surface area contributed by atoms with Crippen LogP contribution in [0.3, 0.4) is 0 Å². The van der Waals surface area contributed by atoms with Crippen molar-refractivity contribution < 1.29 is 37.0 Å². The molecule has 1 heterocycles. The topological polar surface area (TPSA) is 120 Å². The van der Waals surface area contributed by atoms with Gasteiger partial charge in [-0.25, -0.2) is 8.42 Å². The van der Waals surface area contributed by atoms with Crippen molar-refractivity contribution in [1.29, 1.82) is 0 Å². The molecule has 1 aliphatic heterocycles. The molecule has 3 aromatic carbocycles. The number of amides is 2. The second-order valence-electron chi connectivity index (χ2n) is 8.41. The minimum Gasteiger partial charge on any atom is -0.497 e. The number of carbonyl (C=O) groups is 2. The third-order valence-electron chi connectivity index (χ3n) is 6.26. The first kappa shape index (κ1) is 26.8. The van der Waals surface area contributed by atoms with E-state index >= 15 is 0 Å². The molecule has 0 spiro atoms. The van der Waals surface area contributed by atoms with Crippen molar-refractivity contribution >= 4 is 33.0 Å². The van der Waals surface area contributed by atoms with Gasteiger partial charge in [0, 0.05) is 12.5 Å². The summed E-state index contributed by atoms with van der Waals surface area (Å²) in [7, 11) is 1.87. The van der Waals surface area contributed by atoms with Crippen LogP contribution in [0.15, 0.2) is 65.6 Å². The number of sulfone groups is 1. The Labute approximate surface area is 221 Å². The number of nitrogens with zero attached hydrogens (tertiary/aromatic N) is 1. The lowest BCUT2D eigenvalue weighted by Gasteiger charge is -2.22. The Balaban J connectivity index is 1.69. The van der Waals surface area contributed by atoms with Crippen molar-refractivity contribution in [2.45, 2.75) is 16.6 Å². The summed E-state index contributed by atoms with van der Waals surface area (Å²) >= 11 is 0. The van der Waals surface area contributed by atoms with Crippen molar-refractivity contribution in [2.75, 3.05) is 45.2 Å². The van der Waals surface area contributed by atoms with E-state index in [2.05, 4.69) is 5.32 Å². The number of benzene rings is 3. The van der Waals surface area contributed by atoms with Crippen molar-refractivity contribution in [3.63, 3.8) is 0 Å². The monoisotopic (exact) mass is 540 g/mol. The molecule has 1 unspecified atom stereocenters. The molecule has 3 aromatic rings. The lowest BCUT2D eigenvalue weighted by molar-refractivity contribution is -0.121. The summed E-state index contributed by atoms with van der Waals surface area (Å²) in [5.41, 5.74) is 0.891. The fourth-order valence-corrected chi connectivity index (χ4v) is 6.26. The second kappa shape index (κ2) is 11.0. The molecule has 2 amide bonds. The maximum atomic E-state index is 13.8. The highest BCUT2D eigenvalue weighted by Gasteiger charge is 2.40. The molecule has 0 saturated heterocycles. The van der Waals surface area contributed by atoms with E-state index in [1.165, 1.54) is 45.5 Å². The second-order valence-corrected chi connectivity index (χ2v) is 10.5. The van der Waals surface area contributed by atoms with Gasteiger partial charge in [0.1, 0.15) is 18.0 Å². The zero-order chi connectivity index (χ0) is 27.4. The predicted octanol–water partition coefficient (Wildman–Crippen LogP) is 3.61. The average molecular weight is 541 g/mol. The molecule has 38 heavy (non-hydrogen) atoms. The summed E-state index contributed by atoms with van der Waals surface area (Å²) in [6.45, 7) is -0.404. The molecule has 0 bridgehead atoms. The van der Waals surface area contributed by atoms with Crippen LogP contribution in [0.1, 0.15) is 17.2 Å². The number of rotatable bonds is 8. The van der Waals surface area contributed by atoms with E-state index < -0.39 is 33.4 Å². The van der Waals surface area contributed by atoms with E-state index in [0.29, 0.717) is 34.2 Å². The largest absolute Gasteiger partial charge is 0.497 e. The van der Waals surface area contributed by atoms with Gasteiger partial charge in [-0.3, -0.25) is 9.59 Å². The van der Waals surface area contributed by atoms with Gasteiger partial charge < -0.3 is 29.2 Å². The summed E-state index contributed by atoms with van der Waals surface area (Å²) < 4.78 is 48.7. The van der Waals surface area contributed by atoms with Crippen LogP contribution in [0.4, 0.5) is 11.4 Å². The first-order valence-corrected chi connectivity index (χ1v) is 13.1. The van der Waals surface area contributed by atoms with Crippen LogP contribution in [-0.4, -0.2) is 55.2 Å². The fourth-order valence-electron chi connectivity index (χ4n) is 4.35. The number of anilines is 2. The van der Waals surface area contributed by atoms with Gasteiger partial charge in [0.05, 0.1) is 50.0 Å². The van der Waals surface area contributed by atoms with Gasteiger partial charge in [-0.05, 0) is 42.0 Å². The zero-order valence-corrected chi connectivity index (χ0v) is 22.2. The van der Waals surface area contributed by atoms with Crippen LogP contribution in [0.5, 0.6) is 23.0 Å². The van der Waals surface area contributed by atoms with E-state index in [4.69, 9.17) is 18.9 Å². The van der Waals surface area contributed by atoms with Crippen molar-refractivity contribution in [3.05, 3.63) is 66.2 Å². The SMILES string of the molecule is COc1ccc(NC(=O)CN2C(=O)CC(c3ccc(OC)c(OC)c3)S(=O)(=O)c3ccccc32)c(OC)c1. The van der Waals surface area contributed by atoms with E-state index in [-0.39, 0.29) is 17.0 Å². The van der Waals surface area contributed by atoms with Gasteiger partial charge in [-0.2, -0.15) is 0 Å². The highest BCUT2D eigenvalue weighted by molar-refractivity contribution is 7.92. The molecule has 0 saturated carbocycles. The lowest BCUT2D eigenvalue weighted by atomic mass is 10.1. The van der Waals surface area contributed by atoms with Gasteiger partial charge in [-0.15, -0.1) is 0 Å². The lowest BCUT2D eigenvalue weighted by Crippen LogP contribution is -2.38. The fraction of sp³-hybridized carbons (Fsp3) is 0.259. The number of para-hydroxylation sites is 1. The molecular weight excluding hydrogens is 512 g/mol. The molecule has 4 rings (SSSR count). The van der Waals surface area contributed by atoms with Gasteiger partial charge in [0.25, 0.3) is 0 Å². The van der Waals surface area contributed by atoms with Crippen LogP contribution in [0.2, 0.25) is 0 Å². The minimum atomic E-state index is -4.02. The Bertz CT molecular complexity index is 1470. The third-order valence-corrected chi connectivity index (χ3v) is 8.41. The van der Waals surface area contributed by atoms with Gasteiger partial charge in [0.15, 0.2) is 21.3 Å². The van der Waals surface area contributed by atoms with Crippen LogP contribution >= 0.6 is 0 Å². The molecule has 0 fully saturated rings. The quantitative estimate of drug-likeness (QED) is 0.460. The number of fused-ring (bicyclic) bond motifs is 1. The van der Waals surface area contributed by atoms with Crippen LogP contribution < -0.4 is 29.2 Å². The first-order valence-electron chi connectivity index (χ1n) is 11.6. The molecule has 0 aliphatic carbocycles. The smallest absolute Gasteiger partial charge is 0.244 e. The van der Waals surface area contributed by atoms with Gasteiger partial charge >= 0.3 is 0 Å². The number of ether oxygens (including phenoxy) is 4. The molecule has 1 atom stereocenters. The maximum Gasteiger partial charge on any atom is 0.244 e. The van der Waals surface area contributed by atoms with Crippen LogP contribution in [0, 0.1) is 0 Å². The Kier molecular flexibility index (Phi) is 7.77. The standard InChI is InChI=1S/C27H28N2O8S/c1-34-18-10-11-19(22(14-18)36-3)28-26(30)16-29-20-7-5-6-8-24(20)38(32,33)25(15-27(29)31)17-9-12-21(35-2)23(13-17)37-4/h5-14,25H,15-16H2,1-4H3,(H,28,30). The van der Waals surface area contributed by atoms with Crippen LogP contribution in [-0.2, 0) is 19.4 Å². The molecule has 200 valence electrons. The molecule has 10 nitrogen and oxygen atoms in total. The van der Waals surface area contributed by atoms with E-state index in [1.807, 2.05) is 0 Å². The molecule has 11 heteroatoms. The number of nitrogens with one attached hydrogen (secondary N) is 1. The van der Waals surface area contributed by atoms with E-state index in [1.54, 1.807) is 48.5 Å². The zero-order valence-electron chi connectivity index (χ0n) is 21.4. The first-order chi connectivity index (χ1) is 18.2. The third kappa shape index (κ3) is 5.10. The normalized spacial score (nSPS) is 16.2. The van der Waals surface area contributed by atoms with Crippen molar-refractivity contribution in [2.24, 2.45) is 0 Å². The molecule has 0 aromatic heterocycles. The summed E-state index contributed by atoms with van der Waals surface area (Å²) in [4.78, 5) is 27.7. The Morgan fingerprint density at radius 1 is 0.895 bits per heavy atom. The maximum absolute atomic E-state index is 13.8. The Hall–Kier alpha value is -4.25. The van der Waals surface area contributed by atoms with Crippen LogP contribution in [0.25, 0.3) is 0 Å². The highest BCUT2D eigenvalue weighted by Crippen LogP contribution is 2.42. The highest BCUT2D eigenvalue weighted by atomic mass is 32.2. The number of hydrogen-bond acceptors (Lipinski definition) is 8. The minimum absolute atomic E-state index is 0.0412. The van der Waals surface area contributed by atoms with Gasteiger partial charge in [0.2, 0.25) is 11.8 Å². The van der Waals surface area contributed by atoms with Gasteiger partial charge in [-0.1, -0.05) is 18.2 Å². The van der Waals surface area contributed by atoms with Crippen molar-refractivity contribution in [3.8, 4) is 23.0 Å². The Morgan fingerprint density at radius 2 is 1.61 bits per heavy atom. The summed E-state index contributed by atoms with van der Waals surface area (Å²) in [6.07, 6.45) is -0.369. The summed E-state index contributed by atoms with van der Waals surface area (Å²) in [6, 6.07) is 15.8. The number of carbonyl (C=O) groups excluding carboxylic acids is 2. The molecular formula is C27H28N2O8S. The molecule has 1 N–H and O–H groups in total. The Morgan fingerprint density at radius 3 is 2.29 bits per heavy atom. The molecule has 1 aliphatic rings. The molecule has 0 radical (unpaired) electrons. The van der Waals surface area contributed by atoms with E-state index in [0.717, 1.165) is 0 Å². The number of hydrogen-bond donors (Lipinski definition) is 1. The van der Waals surface area contributed by atoms with Crippen molar-refractivity contribution in [1.82, 2.24) is 0 Å².